The third kappa shape index (κ3) is 6.53. The molecule has 3 N–H and O–H groups in total. The van der Waals surface area contributed by atoms with Crippen molar-refractivity contribution in [2.24, 2.45) is 0 Å². The highest BCUT2D eigenvalue weighted by Crippen LogP contribution is 2.14. The number of carbonyl (C=O) groups is 2. The SMILES string of the molecule is O=C(CCN1CCC(NC(=O)Nc2ccccc2)CC1)Nc1ccc(F)c(F)c1. The first kappa shape index (κ1) is 20.7. The van der Waals surface area contributed by atoms with Gasteiger partial charge >= 0.3 is 6.03 Å². The highest BCUT2D eigenvalue weighted by atomic mass is 19.2. The van der Waals surface area contributed by atoms with Crippen LogP contribution in [0.3, 0.4) is 0 Å². The molecule has 2 aromatic rings. The number of urea groups is 1. The normalized spacial score (nSPS) is 15.0. The number of likely N-dealkylation sites (tertiary alicyclic amines) is 1. The number of nitrogens with zero attached hydrogens (tertiary/aromatic N) is 1. The van der Waals surface area contributed by atoms with E-state index in [0.717, 1.165) is 43.8 Å². The summed E-state index contributed by atoms with van der Waals surface area (Å²) >= 11 is 0. The van der Waals surface area contributed by atoms with E-state index in [1.807, 2.05) is 30.3 Å². The molecular weight excluding hydrogens is 378 g/mol. The summed E-state index contributed by atoms with van der Waals surface area (Å²) in [4.78, 5) is 26.2. The Kier molecular flexibility index (Phi) is 7.13. The lowest BCUT2D eigenvalue weighted by Gasteiger charge is -2.32. The predicted octanol–water partition coefficient (Wildman–Crippen LogP) is 3.58. The molecule has 0 radical (unpaired) electrons. The highest BCUT2D eigenvalue weighted by molar-refractivity contribution is 5.91. The number of rotatable bonds is 6. The van der Waals surface area contributed by atoms with E-state index in [1.54, 1.807) is 0 Å². The van der Waals surface area contributed by atoms with E-state index in [0.29, 0.717) is 6.54 Å². The molecule has 0 bridgehead atoms. The van der Waals surface area contributed by atoms with Gasteiger partial charge in [-0.05, 0) is 37.1 Å². The molecular formula is C21H24F2N4O2. The van der Waals surface area contributed by atoms with E-state index in [-0.39, 0.29) is 30.1 Å². The van der Waals surface area contributed by atoms with Crippen LogP contribution in [0.15, 0.2) is 48.5 Å². The maximum absolute atomic E-state index is 13.2. The number of benzene rings is 2. The van der Waals surface area contributed by atoms with Gasteiger partial charge in [-0.2, -0.15) is 0 Å². The molecule has 0 atom stereocenters. The predicted molar refractivity (Wildman–Crippen MR) is 108 cm³/mol. The summed E-state index contributed by atoms with van der Waals surface area (Å²) in [5.41, 5.74) is 0.982. The maximum atomic E-state index is 13.2. The van der Waals surface area contributed by atoms with E-state index < -0.39 is 11.6 Å². The lowest BCUT2D eigenvalue weighted by molar-refractivity contribution is -0.116. The molecule has 1 aliphatic rings. The van der Waals surface area contributed by atoms with E-state index in [2.05, 4.69) is 20.9 Å². The molecule has 1 saturated heterocycles. The Morgan fingerprint density at radius 2 is 1.66 bits per heavy atom. The summed E-state index contributed by atoms with van der Waals surface area (Å²) in [5, 5.41) is 8.35. The molecule has 3 rings (SSSR count). The third-order valence-corrected chi connectivity index (χ3v) is 4.81. The first-order valence-electron chi connectivity index (χ1n) is 9.59. The van der Waals surface area contributed by atoms with Crippen molar-refractivity contribution in [3.63, 3.8) is 0 Å². The summed E-state index contributed by atoms with van der Waals surface area (Å²) < 4.78 is 26.1. The van der Waals surface area contributed by atoms with Crippen LogP contribution in [0, 0.1) is 11.6 Å². The Morgan fingerprint density at radius 1 is 0.931 bits per heavy atom. The summed E-state index contributed by atoms with van der Waals surface area (Å²) in [6.07, 6.45) is 1.85. The molecule has 1 aliphatic heterocycles. The van der Waals surface area contributed by atoms with Gasteiger partial charge in [0.05, 0.1) is 0 Å². The molecule has 0 saturated carbocycles. The molecule has 0 unspecified atom stereocenters. The van der Waals surface area contributed by atoms with Crippen LogP contribution in [0.4, 0.5) is 25.0 Å². The number of carbonyl (C=O) groups excluding carboxylic acids is 2. The van der Waals surface area contributed by atoms with E-state index >= 15 is 0 Å². The van der Waals surface area contributed by atoms with Crippen LogP contribution in [-0.2, 0) is 4.79 Å². The van der Waals surface area contributed by atoms with Gasteiger partial charge in [0.15, 0.2) is 11.6 Å². The lowest BCUT2D eigenvalue weighted by atomic mass is 10.1. The summed E-state index contributed by atoms with van der Waals surface area (Å²) in [6.45, 7) is 2.11. The van der Waals surface area contributed by atoms with Crippen molar-refractivity contribution in [3.05, 3.63) is 60.2 Å². The molecule has 6 nitrogen and oxygen atoms in total. The minimum Gasteiger partial charge on any atom is -0.335 e. The van der Waals surface area contributed by atoms with Gasteiger partial charge in [0.25, 0.3) is 0 Å². The third-order valence-electron chi connectivity index (χ3n) is 4.81. The van der Waals surface area contributed by atoms with Crippen LogP contribution in [0.25, 0.3) is 0 Å². The number of anilines is 2. The molecule has 8 heteroatoms. The Hall–Kier alpha value is -3.00. The number of amides is 3. The Labute approximate surface area is 168 Å². The number of hydrogen-bond donors (Lipinski definition) is 3. The largest absolute Gasteiger partial charge is 0.335 e. The van der Waals surface area contributed by atoms with Gasteiger partial charge in [0.1, 0.15) is 0 Å². The maximum Gasteiger partial charge on any atom is 0.319 e. The average Bonchev–Trinajstić information content (AvgIpc) is 2.71. The van der Waals surface area contributed by atoms with Crippen molar-refractivity contribution in [2.75, 3.05) is 30.3 Å². The van der Waals surface area contributed by atoms with Crippen molar-refractivity contribution in [3.8, 4) is 0 Å². The van der Waals surface area contributed by atoms with Gasteiger partial charge < -0.3 is 20.9 Å². The van der Waals surface area contributed by atoms with Gasteiger partial charge in [-0.25, -0.2) is 13.6 Å². The fourth-order valence-electron chi connectivity index (χ4n) is 3.23. The van der Waals surface area contributed by atoms with E-state index in [4.69, 9.17) is 0 Å². The molecule has 0 aromatic heterocycles. The fourth-order valence-corrected chi connectivity index (χ4v) is 3.23. The zero-order chi connectivity index (χ0) is 20.6. The topological polar surface area (TPSA) is 73.5 Å². The molecule has 1 fully saturated rings. The number of hydrogen-bond acceptors (Lipinski definition) is 3. The minimum absolute atomic E-state index is 0.0889. The molecule has 0 aliphatic carbocycles. The minimum atomic E-state index is -0.992. The average molecular weight is 402 g/mol. The Balaban J connectivity index is 1.34. The van der Waals surface area contributed by atoms with Crippen LogP contribution in [0.2, 0.25) is 0 Å². The first-order valence-corrected chi connectivity index (χ1v) is 9.59. The quantitative estimate of drug-likeness (QED) is 0.692. The fraction of sp³-hybridized carbons (Fsp3) is 0.333. The van der Waals surface area contributed by atoms with E-state index in [1.165, 1.54) is 6.07 Å². The van der Waals surface area contributed by atoms with Gasteiger partial charge in [-0.15, -0.1) is 0 Å². The number of nitrogens with one attached hydrogen (secondary N) is 3. The van der Waals surface area contributed by atoms with Gasteiger partial charge in [-0.1, -0.05) is 18.2 Å². The number of halogens is 2. The lowest BCUT2D eigenvalue weighted by Crippen LogP contribution is -2.46. The summed E-state index contributed by atoms with van der Waals surface area (Å²) in [7, 11) is 0. The van der Waals surface area contributed by atoms with Crippen LogP contribution in [-0.4, -0.2) is 42.5 Å². The van der Waals surface area contributed by atoms with Crippen molar-refractivity contribution >= 4 is 23.3 Å². The summed E-state index contributed by atoms with van der Waals surface area (Å²) in [5.74, 6) is -2.19. The molecule has 29 heavy (non-hydrogen) atoms. The second kappa shape index (κ2) is 9.97. The van der Waals surface area contributed by atoms with Crippen molar-refractivity contribution < 1.29 is 18.4 Å². The summed E-state index contributed by atoms with van der Waals surface area (Å²) in [6, 6.07) is 12.4. The molecule has 0 spiro atoms. The van der Waals surface area contributed by atoms with Gasteiger partial charge in [0.2, 0.25) is 5.91 Å². The number of piperidine rings is 1. The van der Waals surface area contributed by atoms with Crippen LogP contribution in [0.1, 0.15) is 19.3 Å². The molecule has 1 heterocycles. The molecule has 3 amide bonds. The van der Waals surface area contributed by atoms with Crippen LogP contribution < -0.4 is 16.0 Å². The van der Waals surface area contributed by atoms with Crippen molar-refractivity contribution in [2.45, 2.75) is 25.3 Å². The van der Waals surface area contributed by atoms with Crippen molar-refractivity contribution in [1.82, 2.24) is 10.2 Å². The van der Waals surface area contributed by atoms with Gasteiger partial charge in [-0.3, -0.25) is 4.79 Å². The smallest absolute Gasteiger partial charge is 0.319 e. The monoisotopic (exact) mass is 402 g/mol. The van der Waals surface area contributed by atoms with Crippen molar-refractivity contribution in [1.29, 1.82) is 0 Å². The zero-order valence-corrected chi connectivity index (χ0v) is 16.0. The van der Waals surface area contributed by atoms with Gasteiger partial charge in [0, 0.05) is 49.5 Å². The van der Waals surface area contributed by atoms with Crippen LogP contribution >= 0.6 is 0 Å². The molecule has 2 aromatic carbocycles. The standard InChI is InChI=1S/C21H24F2N4O2/c22-18-7-6-17(14-19(18)23)24-20(28)10-13-27-11-8-16(9-12-27)26-21(29)25-15-4-2-1-3-5-15/h1-7,14,16H,8-13H2,(H,24,28)(H2,25,26,29). The van der Waals surface area contributed by atoms with Crippen LogP contribution in [0.5, 0.6) is 0 Å². The highest BCUT2D eigenvalue weighted by Gasteiger charge is 2.21. The Morgan fingerprint density at radius 3 is 2.34 bits per heavy atom. The Bertz CT molecular complexity index is 840. The second-order valence-electron chi connectivity index (χ2n) is 7.01. The number of para-hydroxylation sites is 1. The molecule has 154 valence electrons. The van der Waals surface area contributed by atoms with E-state index in [9.17, 15) is 18.4 Å². The first-order chi connectivity index (χ1) is 14.0. The zero-order valence-electron chi connectivity index (χ0n) is 16.0. The second-order valence-corrected chi connectivity index (χ2v) is 7.01.